The fraction of sp³-hybridized carbons (Fsp3) is 0.556. The van der Waals surface area contributed by atoms with Crippen LogP contribution in [0, 0.1) is 0 Å². The van der Waals surface area contributed by atoms with Gasteiger partial charge in [-0.1, -0.05) is 6.07 Å². The van der Waals surface area contributed by atoms with Gasteiger partial charge in [-0.2, -0.15) is 0 Å². The maximum absolute atomic E-state index is 12.5. The van der Waals surface area contributed by atoms with Gasteiger partial charge in [-0.3, -0.25) is 9.69 Å². The number of amides is 2. The molecule has 0 aliphatic carbocycles. The summed E-state index contributed by atoms with van der Waals surface area (Å²) in [5.74, 6) is 0.581. The van der Waals surface area contributed by atoms with E-state index in [-0.39, 0.29) is 5.91 Å². The number of methoxy groups -OCH3 is 1. The molecule has 0 spiro atoms. The van der Waals surface area contributed by atoms with Crippen LogP contribution in [0.3, 0.4) is 0 Å². The predicted molar refractivity (Wildman–Crippen MR) is 98.5 cm³/mol. The molecule has 1 aromatic carbocycles. The van der Waals surface area contributed by atoms with Crippen LogP contribution in [-0.4, -0.2) is 42.2 Å². The second-order valence-electron chi connectivity index (χ2n) is 7.02. The summed E-state index contributed by atoms with van der Waals surface area (Å²) < 4.78 is 11.4. The summed E-state index contributed by atoms with van der Waals surface area (Å²) in [5, 5.41) is 2.90. The molecule has 1 N–H and O–H groups in total. The smallest absolute Gasteiger partial charge is 0.410 e. The Bertz CT molecular complexity index is 642. The van der Waals surface area contributed by atoms with Gasteiger partial charge in [0, 0.05) is 13.1 Å². The van der Waals surface area contributed by atoms with Crippen LogP contribution in [0.2, 0.25) is 0 Å². The first-order valence-corrected chi connectivity index (χ1v) is 9.10. The number of likely N-dealkylation sites (tertiary alicyclic amines) is 1. The van der Waals surface area contributed by atoms with Crippen LogP contribution in [0.15, 0.2) is 22.7 Å². The van der Waals surface area contributed by atoms with Gasteiger partial charge in [-0.15, -0.1) is 0 Å². The summed E-state index contributed by atoms with van der Waals surface area (Å²) in [6.07, 6.45) is 1.01. The molecule has 25 heavy (non-hydrogen) atoms. The Morgan fingerprint density at radius 1 is 1.36 bits per heavy atom. The zero-order valence-corrected chi connectivity index (χ0v) is 16.7. The highest BCUT2D eigenvalue weighted by Crippen LogP contribution is 2.26. The second kappa shape index (κ2) is 8.08. The molecule has 1 heterocycles. The van der Waals surface area contributed by atoms with Gasteiger partial charge >= 0.3 is 6.09 Å². The lowest BCUT2D eigenvalue weighted by Crippen LogP contribution is -2.47. The summed E-state index contributed by atoms with van der Waals surface area (Å²) in [6, 6.07) is 5.16. The number of hydrogen-bond donors (Lipinski definition) is 1. The van der Waals surface area contributed by atoms with Gasteiger partial charge in [0.1, 0.15) is 17.4 Å². The van der Waals surface area contributed by atoms with Crippen LogP contribution in [0.4, 0.5) is 4.79 Å². The number of rotatable bonds is 4. The number of hydrogen-bond acceptors (Lipinski definition) is 4. The molecule has 2 rings (SSSR count). The summed E-state index contributed by atoms with van der Waals surface area (Å²) in [6.45, 7) is 6.38. The Balaban J connectivity index is 1.95. The minimum absolute atomic E-state index is 0.157. The topological polar surface area (TPSA) is 67.9 Å². The van der Waals surface area contributed by atoms with Crippen molar-refractivity contribution in [2.24, 2.45) is 0 Å². The molecule has 0 aromatic heterocycles. The van der Waals surface area contributed by atoms with E-state index in [4.69, 9.17) is 9.47 Å². The molecular weight excluding hydrogens is 388 g/mol. The minimum atomic E-state index is -0.573. The Morgan fingerprint density at radius 3 is 2.68 bits per heavy atom. The van der Waals surface area contributed by atoms with E-state index in [2.05, 4.69) is 21.2 Å². The molecule has 2 amide bonds. The normalized spacial score (nSPS) is 17.3. The van der Waals surface area contributed by atoms with Gasteiger partial charge in [0.2, 0.25) is 5.91 Å². The largest absolute Gasteiger partial charge is 0.496 e. The summed E-state index contributed by atoms with van der Waals surface area (Å²) >= 11 is 3.43. The minimum Gasteiger partial charge on any atom is -0.496 e. The highest BCUT2D eigenvalue weighted by Gasteiger charge is 2.36. The van der Waals surface area contributed by atoms with Gasteiger partial charge in [-0.05, 0) is 67.2 Å². The zero-order chi connectivity index (χ0) is 18.6. The molecular formula is C18H25BrN2O4. The van der Waals surface area contributed by atoms with Crippen molar-refractivity contribution in [1.82, 2.24) is 10.2 Å². The van der Waals surface area contributed by atoms with Crippen molar-refractivity contribution >= 4 is 27.9 Å². The molecule has 0 bridgehead atoms. The lowest BCUT2D eigenvalue weighted by molar-refractivity contribution is -0.125. The first-order chi connectivity index (χ1) is 11.7. The number of carbonyl (C=O) groups is 2. The quantitative estimate of drug-likeness (QED) is 0.821. The second-order valence-corrected chi connectivity index (χ2v) is 7.87. The molecule has 1 aromatic rings. The maximum atomic E-state index is 12.5. The van der Waals surface area contributed by atoms with Crippen LogP contribution in [0.1, 0.15) is 39.2 Å². The number of ether oxygens (including phenoxy) is 2. The third kappa shape index (κ3) is 5.36. The molecule has 1 fully saturated rings. The third-order valence-corrected chi connectivity index (χ3v) is 4.49. The number of carbonyl (C=O) groups excluding carboxylic acids is 2. The number of halogens is 1. The maximum Gasteiger partial charge on any atom is 0.410 e. The van der Waals surface area contributed by atoms with E-state index in [0.29, 0.717) is 19.5 Å². The molecule has 1 aliphatic rings. The fourth-order valence-electron chi connectivity index (χ4n) is 2.71. The lowest BCUT2D eigenvalue weighted by atomic mass is 10.2. The number of benzene rings is 1. The van der Waals surface area contributed by atoms with E-state index in [9.17, 15) is 9.59 Å². The average molecular weight is 413 g/mol. The van der Waals surface area contributed by atoms with Crippen molar-refractivity contribution in [3.63, 3.8) is 0 Å². The van der Waals surface area contributed by atoms with Crippen LogP contribution < -0.4 is 10.1 Å². The first kappa shape index (κ1) is 19.6. The molecule has 6 nitrogen and oxygen atoms in total. The van der Waals surface area contributed by atoms with E-state index >= 15 is 0 Å². The van der Waals surface area contributed by atoms with Crippen LogP contribution >= 0.6 is 15.9 Å². The standard InChI is InChI=1S/C18H25BrN2O4/c1-18(2,3)25-17(23)21-9-5-6-14(21)16(22)20-11-12-7-8-15(24-4)13(19)10-12/h7-8,10,14H,5-6,9,11H2,1-4H3,(H,20,22)/t14-/m0/s1. The van der Waals surface area contributed by atoms with E-state index < -0.39 is 17.7 Å². The van der Waals surface area contributed by atoms with Crippen molar-refractivity contribution in [2.45, 2.75) is 51.8 Å². The highest BCUT2D eigenvalue weighted by molar-refractivity contribution is 9.10. The Hall–Kier alpha value is -1.76. The molecule has 138 valence electrons. The van der Waals surface area contributed by atoms with Gasteiger partial charge < -0.3 is 14.8 Å². The Morgan fingerprint density at radius 2 is 2.08 bits per heavy atom. The molecule has 1 aliphatic heterocycles. The van der Waals surface area contributed by atoms with Crippen molar-refractivity contribution < 1.29 is 19.1 Å². The average Bonchev–Trinajstić information content (AvgIpc) is 3.01. The first-order valence-electron chi connectivity index (χ1n) is 8.31. The van der Waals surface area contributed by atoms with E-state index in [1.54, 1.807) is 7.11 Å². The van der Waals surface area contributed by atoms with Crippen molar-refractivity contribution in [2.75, 3.05) is 13.7 Å². The molecule has 0 saturated carbocycles. The van der Waals surface area contributed by atoms with Gasteiger partial charge in [0.25, 0.3) is 0 Å². The van der Waals surface area contributed by atoms with Gasteiger partial charge in [-0.25, -0.2) is 4.79 Å². The molecule has 7 heteroatoms. The SMILES string of the molecule is COc1ccc(CNC(=O)[C@@H]2CCCN2C(=O)OC(C)(C)C)cc1Br. The summed E-state index contributed by atoms with van der Waals surface area (Å²) in [5.41, 5.74) is 0.374. The van der Waals surface area contributed by atoms with Crippen LogP contribution in [0.5, 0.6) is 5.75 Å². The monoisotopic (exact) mass is 412 g/mol. The van der Waals surface area contributed by atoms with Crippen molar-refractivity contribution in [1.29, 1.82) is 0 Å². The predicted octanol–water partition coefficient (Wildman–Crippen LogP) is 3.47. The Labute approximate surface area is 157 Å². The van der Waals surface area contributed by atoms with Crippen molar-refractivity contribution in [3.05, 3.63) is 28.2 Å². The van der Waals surface area contributed by atoms with E-state index in [1.807, 2.05) is 39.0 Å². The van der Waals surface area contributed by atoms with Gasteiger partial charge in [0.05, 0.1) is 11.6 Å². The number of nitrogens with zero attached hydrogens (tertiary/aromatic N) is 1. The summed E-state index contributed by atoms with van der Waals surface area (Å²) in [7, 11) is 1.60. The van der Waals surface area contributed by atoms with Crippen molar-refractivity contribution in [3.8, 4) is 5.75 Å². The fourth-order valence-corrected chi connectivity index (χ4v) is 3.29. The highest BCUT2D eigenvalue weighted by atomic mass is 79.9. The number of nitrogens with one attached hydrogen (secondary N) is 1. The lowest BCUT2D eigenvalue weighted by Gasteiger charge is -2.28. The molecule has 1 atom stereocenters. The zero-order valence-electron chi connectivity index (χ0n) is 15.1. The van der Waals surface area contributed by atoms with E-state index in [0.717, 1.165) is 22.2 Å². The molecule has 1 saturated heterocycles. The molecule has 0 unspecified atom stereocenters. The van der Waals surface area contributed by atoms with Crippen LogP contribution in [-0.2, 0) is 16.1 Å². The Kier molecular flexibility index (Phi) is 6.32. The molecule has 0 radical (unpaired) electrons. The van der Waals surface area contributed by atoms with E-state index in [1.165, 1.54) is 4.90 Å². The summed E-state index contributed by atoms with van der Waals surface area (Å²) in [4.78, 5) is 26.3. The third-order valence-electron chi connectivity index (χ3n) is 3.87. The van der Waals surface area contributed by atoms with Crippen LogP contribution in [0.25, 0.3) is 0 Å². The van der Waals surface area contributed by atoms with Gasteiger partial charge in [0.15, 0.2) is 0 Å².